The minimum absolute atomic E-state index is 0.318. The molecule has 0 aromatic heterocycles. The molecule has 0 saturated heterocycles. The molecule has 3 aromatic carbocycles. The molecule has 0 nitrogen and oxygen atoms in total. The molecule has 0 heterocycles. The van der Waals surface area contributed by atoms with Gasteiger partial charge in [-0.05, 0) is 75.2 Å². The first-order valence-corrected chi connectivity index (χ1v) is 75.4. The molecule has 0 saturated carbocycles. The average molecular weight is 1290 g/mol. The Labute approximate surface area is 507 Å². The molecule has 446 valence electrons. The summed E-state index contributed by atoms with van der Waals surface area (Å²) in [5.41, 5.74) is 12.3. The van der Waals surface area contributed by atoms with Gasteiger partial charge in [0.2, 0.25) is 0 Å². The maximum absolute atomic E-state index is 3.59. The number of benzene rings is 3. The van der Waals surface area contributed by atoms with Crippen LogP contribution in [0.2, 0.25) is 241 Å². The zero-order valence-corrected chi connectivity index (χ0v) is 74.1. The zero-order valence-electron chi connectivity index (χ0n) is 61.1. The van der Waals surface area contributed by atoms with E-state index in [1.807, 2.05) is 62.2 Å². The van der Waals surface area contributed by atoms with E-state index in [0.29, 0.717) is 5.54 Å². The maximum atomic E-state index is 2.88. The predicted molar refractivity (Wildman–Crippen MR) is 414 cm³/mol. The molecular formula is C66H130Si13. The third-order valence-electron chi connectivity index (χ3n) is 18.5. The Morgan fingerprint density at radius 3 is 0.405 bits per heavy atom. The van der Waals surface area contributed by atoms with Crippen LogP contribution in [0, 0.1) is 20.8 Å². The van der Waals surface area contributed by atoms with Gasteiger partial charge < -0.3 is 0 Å². The van der Waals surface area contributed by atoms with E-state index in [1.165, 1.54) is 0 Å². The quantitative estimate of drug-likeness (QED) is 0.0990. The molecule has 1 aliphatic rings. The van der Waals surface area contributed by atoms with Crippen molar-refractivity contribution in [3.63, 3.8) is 0 Å². The molecule has 0 N–H and O–H groups in total. The second-order valence-electron chi connectivity index (χ2n) is 38.4. The summed E-state index contributed by atoms with van der Waals surface area (Å²) < 4.78 is 0. The number of hydrogen-bond donors (Lipinski definition) is 0. The molecule has 0 unspecified atom stereocenters. The van der Waals surface area contributed by atoms with Crippen LogP contribution in [0.25, 0.3) is 0 Å². The lowest BCUT2D eigenvalue weighted by Crippen LogP contribution is -2.95. The van der Waals surface area contributed by atoms with Crippen LogP contribution in [0.5, 0.6) is 0 Å². The molecule has 0 atom stereocenters. The van der Waals surface area contributed by atoms with Crippen molar-refractivity contribution >= 4 is 183 Å². The molecule has 0 radical (unpaired) electrons. The van der Waals surface area contributed by atoms with Crippen LogP contribution in [0.1, 0.15) is 44.4 Å². The molecule has 0 amide bonds. The Morgan fingerprint density at radius 1 is 0.165 bits per heavy atom. The minimum Gasteiger partial charge on any atom is -0.0656 e. The molecule has 0 bridgehead atoms. The monoisotopic (exact) mass is 1290 g/mol. The van der Waals surface area contributed by atoms with E-state index in [0.717, 1.165) is 0 Å². The molecule has 0 aliphatic heterocycles. The van der Waals surface area contributed by atoms with E-state index in [-0.39, 0.29) is 0 Å². The predicted octanol–water partition coefficient (Wildman–Crippen LogP) is 12.7. The van der Waals surface area contributed by atoms with E-state index < -0.39 is 105 Å². The van der Waals surface area contributed by atoms with Gasteiger partial charge in [0.25, 0.3) is 0 Å². The van der Waals surface area contributed by atoms with Crippen molar-refractivity contribution in [2.45, 2.75) is 290 Å². The first kappa shape index (κ1) is 71.4. The summed E-state index contributed by atoms with van der Waals surface area (Å²) >= 11 is 0. The van der Waals surface area contributed by atoms with E-state index in [4.69, 9.17) is 0 Å². The van der Waals surface area contributed by atoms with Crippen molar-refractivity contribution in [3.05, 3.63) is 39.0 Å². The number of rotatable bonds is 16. The van der Waals surface area contributed by atoms with Crippen molar-refractivity contribution in [2.24, 2.45) is 0 Å². The van der Waals surface area contributed by atoms with Gasteiger partial charge >= 0.3 is 0 Å². The van der Waals surface area contributed by atoms with Crippen LogP contribution in [0.15, 0.2) is 22.3 Å². The van der Waals surface area contributed by atoms with Gasteiger partial charge in [0.15, 0.2) is 8.07 Å². The van der Waals surface area contributed by atoms with Crippen LogP contribution in [-0.2, 0) is 0 Å². The SMILES string of the molecule is CC1=C(C)C([Si](c2c([Si](C)(C)C)c(C)c([Si](C)(C)C)c([Si](C)(C)C)c2[Si](C)(C)C)(c2c([Si](C)(C)C)c(C)c([Si](C)(C)C)c([Si](C)(C)C)c2[Si](C)(C)C)c2c([Si](C)(C)C)c(C)c([Si](C)(C)C)c([Si](C)(C)C)c2[Si](C)(C)C)C(C)=C1C. The highest BCUT2D eigenvalue weighted by atomic mass is 28.4. The second kappa shape index (κ2) is 21.4. The summed E-state index contributed by atoms with van der Waals surface area (Å²) in [4.78, 5) is 0. The molecule has 13 heteroatoms. The molecule has 0 spiro atoms. The summed E-state index contributed by atoms with van der Waals surface area (Å²) in [6.45, 7) is 121. The Bertz CT molecular complexity index is 2680. The molecule has 4 rings (SSSR count). The maximum Gasteiger partial charge on any atom is 0.158 e. The second-order valence-corrected chi connectivity index (χ2v) is 102. The zero-order chi connectivity index (χ0) is 62.8. The van der Waals surface area contributed by atoms with Gasteiger partial charge in [0.05, 0.1) is 96.9 Å². The highest BCUT2D eigenvalue weighted by Crippen LogP contribution is 2.47. The Morgan fingerprint density at radius 2 is 0.278 bits per heavy atom. The van der Waals surface area contributed by atoms with E-state index >= 15 is 0 Å². The Balaban J connectivity index is 3.40. The van der Waals surface area contributed by atoms with Gasteiger partial charge in [-0.25, -0.2) is 0 Å². The van der Waals surface area contributed by atoms with Gasteiger partial charge in [0.1, 0.15) is 0 Å². The smallest absolute Gasteiger partial charge is 0.0656 e. The van der Waals surface area contributed by atoms with E-state index in [2.05, 4.69) is 300 Å². The fourth-order valence-corrected chi connectivity index (χ4v) is 72.1. The first-order valence-electron chi connectivity index (χ1n) is 31.4. The fourth-order valence-electron chi connectivity index (χ4n) is 16.7. The molecule has 0 fully saturated rings. The summed E-state index contributed by atoms with van der Waals surface area (Å²) in [6.07, 6.45) is 0. The molecular weight excluding hydrogens is 1160 g/mol. The van der Waals surface area contributed by atoms with Crippen molar-refractivity contribution in [1.29, 1.82) is 0 Å². The number of hydrogen-bond acceptors (Lipinski definition) is 0. The topological polar surface area (TPSA) is 0 Å². The van der Waals surface area contributed by atoms with E-state index in [1.54, 1.807) is 39.0 Å². The molecule has 79 heavy (non-hydrogen) atoms. The van der Waals surface area contributed by atoms with Crippen LogP contribution < -0.4 is 77.8 Å². The van der Waals surface area contributed by atoms with Crippen molar-refractivity contribution < 1.29 is 0 Å². The summed E-state index contributed by atoms with van der Waals surface area (Å²) in [6, 6.07) is 0. The largest absolute Gasteiger partial charge is 0.158 e. The standard InChI is InChI=1S/C66H130Si13/c1-44-45(2)47(4)51(46(44)3)79(64-55(70(17,18)19)48(5)52(67(8,9)10)58(73(26,27)28)61(64)76(35,36)37,65-56(71(20,21)22)49(6)53(68(11,12)13)59(74(29,30)31)62(65)77(38,39)40)66-57(72(23,24)25)50(7)54(69(14,15)16)60(75(32,33)34)63(66)78(41,42)43/h51H,1-43H3. The fraction of sp³-hybridized carbons (Fsp3) is 0.667. The van der Waals surface area contributed by atoms with Crippen molar-refractivity contribution in [2.75, 3.05) is 0 Å². The van der Waals surface area contributed by atoms with Gasteiger partial charge in [-0.3, -0.25) is 0 Å². The summed E-state index contributed by atoms with van der Waals surface area (Å²) in [5.74, 6) is 0. The van der Waals surface area contributed by atoms with Crippen LogP contribution in [-0.4, -0.2) is 105 Å². The lowest BCUT2D eigenvalue weighted by atomic mass is 10.1. The normalized spacial score (nSPS) is 16.1. The van der Waals surface area contributed by atoms with Gasteiger partial charge in [-0.1, -0.05) is 326 Å². The van der Waals surface area contributed by atoms with Crippen LogP contribution >= 0.6 is 0 Å². The van der Waals surface area contributed by atoms with Gasteiger partial charge in [-0.15, -0.1) is 0 Å². The van der Waals surface area contributed by atoms with Crippen molar-refractivity contribution in [3.8, 4) is 0 Å². The third-order valence-corrected chi connectivity index (χ3v) is 51.8. The van der Waals surface area contributed by atoms with Gasteiger partial charge in [0, 0.05) is 5.54 Å². The molecule has 3 aromatic rings. The lowest BCUT2D eigenvalue weighted by molar-refractivity contribution is 1.09. The Kier molecular flexibility index (Phi) is 19.3. The molecule has 1 aliphatic carbocycles. The number of allylic oxidation sites excluding steroid dienone is 4. The third kappa shape index (κ3) is 12.7. The highest BCUT2D eigenvalue weighted by molar-refractivity contribution is 7.28. The summed E-state index contributed by atoms with van der Waals surface area (Å²) in [5, 5.41) is 29.5. The highest BCUT2D eigenvalue weighted by Gasteiger charge is 2.62. The average Bonchev–Trinajstić information content (AvgIpc) is 3.33. The Hall–Kier alpha value is -0.0405. The minimum atomic E-state index is -3.59. The van der Waals surface area contributed by atoms with E-state index in [9.17, 15) is 0 Å². The van der Waals surface area contributed by atoms with Crippen molar-refractivity contribution in [1.82, 2.24) is 0 Å². The van der Waals surface area contributed by atoms with Crippen LogP contribution in [0.4, 0.5) is 0 Å². The first-order chi connectivity index (χ1) is 34.3. The van der Waals surface area contributed by atoms with Gasteiger partial charge in [-0.2, -0.15) is 0 Å². The van der Waals surface area contributed by atoms with Crippen LogP contribution in [0.3, 0.4) is 0 Å². The summed E-state index contributed by atoms with van der Waals surface area (Å²) in [7, 11) is -29.4. The lowest BCUT2D eigenvalue weighted by Gasteiger charge is -2.56.